The number of anilines is 1. The summed E-state index contributed by atoms with van der Waals surface area (Å²) in [7, 11) is -2.79. The summed E-state index contributed by atoms with van der Waals surface area (Å²) in [4.78, 5) is 28.6. The number of halogens is 4. The number of carbonyl (C=O) groups excluding carboxylic acids is 2. The molecule has 0 fully saturated rings. The van der Waals surface area contributed by atoms with E-state index in [1.54, 1.807) is 61.5 Å². The molecular formula is C29H31ClF3N3O5S. The Balaban J connectivity index is 2.10. The maximum Gasteiger partial charge on any atom is 0.417 e. The molecule has 2 amide bonds. The monoisotopic (exact) mass is 625 g/mol. The van der Waals surface area contributed by atoms with Crippen LogP contribution in [0.3, 0.4) is 0 Å². The first-order valence-corrected chi connectivity index (χ1v) is 15.1. The van der Waals surface area contributed by atoms with Gasteiger partial charge in [-0.25, -0.2) is 8.42 Å². The van der Waals surface area contributed by atoms with Gasteiger partial charge in [0.1, 0.15) is 18.3 Å². The molecule has 0 aliphatic carbocycles. The fraction of sp³-hybridized carbons (Fsp3) is 0.310. The van der Waals surface area contributed by atoms with E-state index in [0.29, 0.717) is 21.7 Å². The van der Waals surface area contributed by atoms with Gasteiger partial charge in [0.2, 0.25) is 21.8 Å². The zero-order chi connectivity index (χ0) is 31.1. The fourth-order valence-corrected chi connectivity index (χ4v) is 5.38. The van der Waals surface area contributed by atoms with E-state index in [-0.39, 0.29) is 19.5 Å². The summed E-state index contributed by atoms with van der Waals surface area (Å²) in [5.74, 6) is -0.788. The number of amides is 2. The predicted molar refractivity (Wildman–Crippen MR) is 155 cm³/mol. The highest BCUT2D eigenvalue weighted by Gasteiger charge is 2.36. The normalized spacial score (nSPS) is 12.4. The summed E-state index contributed by atoms with van der Waals surface area (Å²) >= 11 is 5.74. The lowest BCUT2D eigenvalue weighted by atomic mass is 10.0. The molecule has 0 radical (unpaired) electrons. The van der Waals surface area contributed by atoms with E-state index < -0.39 is 56.9 Å². The third-order valence-corrected chi connectivity index (χ3v) is 7.80. The van der Waals surface area contributed by atoms with Gasteiger partial charge in [-0.1, -0.05) is 54.1 Å². The smallest absolute Gasteiger partial charge is 0.417 e. The first kappa shape index (κ1) is 32.7. The number of hydrogen-bond donors (Lipinski definition) is 1. The van der Waals surface area contributed by atoms with E-state index in [0.717, 1.165) is 24.0 Å². The van der Waals surface area contributed by atoms with Gasteiger partial charge in [0.15, 0.2) is 0 Å². The number of carbonyl (C=O) groups is 2. The molecule has 0 bridgehead atoms. The van der Waals surface area contributed by atoms with Crippen LogP contribution in [0.1, 0.15) is 23.6 Å². The third-order valence-electron chi connectivity index (χ3n) is 6.33. The summed E-state index contributed by atoms with van der Waals surface area (Å²) in [6.07, 6.45) is -3.99. The molecule has 0 saturated carbocycles. The molecule has 0 unspecified atom stereocenters. The van der Waals surface area contributed by atoms with Crippen molar-refractivity contribution in [1.82, 2.24) is 10.2 Å². The van der Waals surface area contributed by atoms with Crippen molar-refractivity contribution in [1.29, 1.82) is 0 Å². The molecule has 0 saturated heterocycles. The van der Waals surface area contributed by atoms with Gasteiger partial charge in [-0.2, -0.15) is 13.2 Å². The van der Waals surface area contributed by atoms with Crippen LogP contribution in [0.2, 0.25) is 5.02 Å². The molecule has 0 aliphatic rings. The van der Waals surface area contributed by atoms with Crippen LogP contribution < -0.4 is 14.4 Å². The molecule has 0 heterocycles. The summed E-state index contributed by atoms with van der Waals surface area (Å²) in [6, 6.07) is 17.2. The number of ether oxygens (including phenoxy) is 1. The SMILES string of the molecule is CCNC(=O)[C@@H](Cc1ccccc1)N(Cc1cccc(OC)c1)C(=O)CN(c1ccc(Cl)c(C(F)(F)F)c1)S(C)(=O)=O. The molecule has 0 aromatic heterocycles. The number of rotatable bonds is 12. The lowest BCUT2D eigenvalue weighted by molar-refractivity contribution is -0.140. The topological polar surface area (TPSA) is 96.0 Å². The Morgan fingerprint density at radius 3 is 2.26 bits per heavy atom. The second-order valence-corrected chi connectivity index (χ2v) is 11.7. The Labute approximate surface area is 248 Å². The number of nitrogens with zero attached hydrogens (tertiary/aromatic N) is 2. The second-order valence-electron chi connectivity index (χ2n) is 9.40. The molecular weight excluding hydrogens is 595 g/mol. The maximum atomic E-state index is 14.0. The number of sulfonamides is 1. The van der Waals surface area contributed by atoms with E-state index in [4.69, 9.17) is 16.3 Å². The van der Waals surface area contributed by atoms with Crippen LogP contribution in [0.5, 0.6) is 5.75 Å². The minimum Gasteiger partial charge on any atom is -0.497 e. The maximum absolute atomic E-state index is 14.0. The zero-order valence-electron chi connectivity index (χ0n) is 23.2. The van der Waals surface area contributed by atoms with Crippen molar-refractivity contribution in [3.63, 3.8) is 0 Å². The Morgan fingerprint density at radius 2 is 1.67 bits per heavy atom. The number of methoxy groups -OCH3 is 1. The van der Waals surface area contributed by atoms with Gasteiger partial charge in [-0.05, 0) is 48.4 Å². The third kappa shape index (κ3) is 8.62. The van der Waals surface area contributed by atoms with Crippen LogP contribution in [-0.2, 0) is 38.8 Å². The molecule has 0 aliphatic heterocycles. The Bertz CT molecular complexity index is 1500. The average Bonchev–Trinajstić information content (AvgIpc) is 2.93. The van der Waals surface area contributed by atoms with Gasteiger partial charge in [0.05, 0.1) is 29.6 Å². The fourth-order valence-electron chi connectivity index (χ4n) is 4.31. The minimum absolute atomic E-state index is 0.0976. The van der Waals surface area contributed by atoms with Crippen molar-refractivity contribution in [3.05, 3.63) is 94.5 Å². The van der Waals surface area contributed by atoms with Crippen LogP contribution in [0.25, 0.3) is 0 Å². The van der Waals surface area contributed by atoms with Crippen LogP contribution >= 0.6 is 11.6 Å². The van der Waals surface area contributed by atoms with Crippen molar-refractivity contribution in [2.24, 2.45) is 0 Å². The van der Waals surface area contributed by atoms with Gasteiger partial charge in [-0.15, -0.1) is 0 Å². The molecule has 1 atom stereocenters. The van der Waals surface area contributed by atoms with Crippen molar-refractivity contribution in [2.75, 3.05) is 30.8 Å². The lowest BCUT2D eigenvalue weighted by Crippen LogP contribution is -2.53. The Kier molecular flexibility index (Phi) is 10.9. The molecule has 1 N–H and O–H groups in total. The van der Waals surface area contributed by atoms with Gasteiger partial charge >= 0.3 is 6.18 Å². The average molecular weight is 626 g/mol. The number of benzene rings is 3. The number of hydrogen-bond acceptors (Lipinski definition) is 5. The quantitative estimate of drug-likeness (QED) is 0.309. The Morgan fingerprint density at radius 1 is 1.00 bits per heavy atom. The van der Waals surface area contributed by atoms with E-state index in [1.165, 1.54) is 12.0 Å². The first-order valence-electron chi connectivity index (χ1n) is 12.8. The summed E-state index contributed by atoms with van der Waals surface area (Å²) in [6.45, 7) is 1.00. The van der Waals surface area contributed by atoms with Gasteiger partial charge in [0, 0.05) is 19.5 Å². The highest BCUT2D eigenvalue weighted by molar-refractivity contribution is 7.92. The van der Waals surface area contributed by atoms with Crippen LogP contribution in [0.15, 0.2) is 72.8 Å². The highest BCUT2D eigenvalue weighted by atomic mass is 35.5. The van der Waals surface area contributed by atoms with E-state index in [1.807, 2.05) is 0 Å². The van der Waals surface area contributed by atoms with Crippen molar-refractivity contribution in [3.8, 4) is 5.75 Å². The van der Waals surface area contributed by atoms with Gasteiger partial charge < -0.3 is 15.0 Å². The molecule has 42 heavy (non-hydrogen) atoms. The molecule has 226 valence electrons. The second kappa shape index (κ2) is 13.9. The predicted octanol–water partition coefficient (Wildman–Crippen LogP) is 4.91. The van der Waals surface area contributed by atoms with Crippen molar-refractivity contribution < 1.29 is 35.9 Å². The number of likely N-dealkylation sites (N-methyl/N-ethyl adjacent to an activating group) is 1. The molecule has 0 spiro atoms. The summed E-state index contributed by atoms with van der Waals surface area (Å²) < 4.78 is 72.2. The standard InChI is InChI=1S/C29H31ClF3N3O5S/c1-4-34-28(38)26(16-20-9-6-5-7-10-20)35(18-21-11-8-12-23(15-21)41-2)27(37)19-36(42(3,39)40)22-13-14-25(30)24(17-22)29(31,32)33/h5-15,17,26H,4,16,18-19H2,1-3H3,(H,34,38)/t26-/m1/s1. The van der Waals surface area contributed by atoms with Crippen LogP contribution in [0.4, 0.5) is 18.9 Å². The zero-order valence-corrected chi connectivity index (χ0v) is 24.8. The van der Waals surface area contributed by atoms with Crippen molar-refractivity contribution in [2.45, 2.75) is 32.1 Å². The molecule has 8 nitrogen and oxygen atoms in total. The van der Waals surface area contributed by atoms with Crippen molar-refractivity contribution >= 4 is 39.1 Å². The molecule has 3 aromatic carbocycles. The number of alkyl halides is 3. The minimum atomic E-state index is -4.86. The summed E-state index contributed by atoms with van der Waals surface area (Å²) in [5.41, 5.74) is -0.326. The molecule has 3 aromatic rings. The van der Waals surface area contributed by atoms with E-state index in [9.17, 15) is 31.2 Å². The molecule has 13 heteroatoms. The van der Waals surface area contributed by atoms with Crippen LogP contribution in [0, 0.1) is 0 Å². The molecule has 3 rings (SSSR count). The number of nitrogens with one attached hydrogen (secondary N) is 1. The van der Waals surface area contributed by atoms with E-state index in [2.05, 4.69) is 5.32 Å². The Hall–Kier alpha value is -3.77. The first-order chi connectivity index (χ1) is 19.7. The lowest BCUT2D eigenvalue weighted by Gasteiger charge is -2.33. The summed E-state index contributed by atoms with van der Waals surface area (Å²) in [5, 5.41) is 2.11. The van der Waals surface area contributed by atoms with Gasteiger partial charge in [0.25, 0.3) is 0 Å². The van der Waals surface area contributed by atoms with Crippen LogP contribution in [-0.4, -0.2) is 57.6 Å². The largest absolute Gasteiger partial charge is 0.497 e. The highest BCUT2D eigenvalue weighted by Crippen LogP contribution is 2.37. The van der Waals surface area contributed by atoms with E-state index >= 15 is 0 Å². The van der Waals surface area contributed by atoms with Gasteiger partial charge in [-0.3, -0.25) is 13.9 Å².